The molecule has 0 atom stereocenters. The van der Waals surface area contributed by atoms with Crippen molar-refractivity contribution in [2.75, 3.05) is 11.4 Å². The fraction of sp³-hybridized carbons (Fsp3) is 0.438. The van der Waals surface area contributed by atoms with Gasteiger partial charge in [0.25, 0.3) is 5.91 Å². The highest BCUT2D eigenvalue weighted by Crippen LogP contribution is 2.23. The fourth-order valence-electron chi connectivity index (χ4n) is 1.97. The number of rotatable bonds is 4. The first-order valence-electron chi connectivity index (χ1n) is 7.12. The van der Waals surface area contributed by atoms with Crippen molar-refractivity contribution < 1.29 is 4.79 Å². The molecule has 0 saturated heterocycles. The Morgan fingerprint density at radius 2 is 2.10 bits per heavy atom. The van der Waals surface area contributed by atoms with Crippen LogP contribution in [0.3, 0.4) is 0 Å². The van der Waals surface area contributed by atoms with E-state index in [2.05, 4.69) is 30.7 Å². The number of nitrogens with zero attached hydrogens (tertiary/aromatic N) is 3. The predicted molar refractivity (Wildman–Crippen MR) is 87.0 cm³/mol. The SMILES string of the molecule is CCCN(C(=O)c1cccc(C(C)(C)C)n1)c1nccs1. The van der Waals surface area contributed by atoms with Crippen LogP contribution < -0.4 is 4.90 Å². The fourth-order valence-corrected chi connectivity index (χ4v) is 2.63. The Hall–Kier alpha value is -1.75. The number of thiazole rings is 1. The van der Waals surface area contributed by atoms with Gasteiger partial charge in [-0.25, -0.2) is 9.97 Å². The van der Waals surface area contributed by atoms with Crippen LogP contribution >= 0.6 is 11.3 Å². The van der Waals surface area contributed by atoms with Crippen LogP contribution in [0.1, 0.15) is 50.3 Å². The van der Waals surface area contributed by atoms with Gasteiger partial charge in [0.15, 0.2) is 5.13 Å². The van der Waals surface area contributed by atoms with Gasteiger partial charge >= 0.3 is 0 Å². The van der Waals surface area contributed by atoms with Crippen LogP contribution in [0.2, 0.25) is 0 Å². The third kappa shape index (κ3) is 3.67. The third-order valence-corrected chi connectivity index (χ3v) is 3.87. The van der Waals surface area contributed by atoms with Gasteiger partial charge in [0, 0.05) is 29.2 Å². The molecule has 1 amide bonds. The molecule has 0 spiro atoms. The van der Waals surface area contributed by atoms with E-state index in [9.17, 15) is 4.79 Å². The van der Waals surface area contributed by atoms with Crippen LogP contribution in [0.15, 0.2) is 29.8 Å². The van der Waals surface area contributed by atoms with Gasteiger partial charge in [-0.15, -0.1) is 11.3 Å². The minimum Gasteiger partial charge on any atom is -0.283 e. The van der Waals surface area contributed by atoms with E-state index < -0.39 is 0 Å². The summed E-state index contributed by atoms with van der Waals surface area (Å²) >= 11 is 1.47. The van der Waals surface area contributed by atoms with E-state index in [-0.39, 0.29) is 11.3 Å². The second kappa shape index (κ2) is 6.35. The summed E-state index contributed by atoms with van der Waals surface area (Å²) in [7, 11) is 0. The van der Waals surface area contributed by atoms with Crippen LogP contribution in [0.25, 0.3) is 0 Å². The number of amides is 1. The summed E-state index contributed by atoms with van der Waals surface area (Å²) in [6.45, 7) is 8.97. The molecular weight excluding hydrogens is 282 g/mol. The molecule has 0 fully saturated rings. The van der Waals surface area contributed by atoms with Gasteiger partial charge < -0.3 is 0 Å². The summed E-state index contributed by atoms with van der Waals surface area (Å²) in [4.78, 5) is 23.2. The number of anilines is 1. The maximum atomic E-state index is 12.7. The Bertz CT molecular complexity index is 602. The maximum absolute atomic E-state index is 12.7. The Morgan fingerprint density at radius 3 is 2.67 bits per heavy atom. The van der Waals surface area contributed by atoms with E-state index in [1.165, 1.54) is 11.3 Å². The lowest BCUT2D eigenvalue weighted by Crippen LogP contribution is -2.32. The van der Waals surface area contributed by atoms with Crippen molar-refractivity contribution in [1.82, 2.24) is 9.97 Å². The molecule has 2 aromatic heterocycles. The number of carbonyl (C=O) groups excluding carboxylic acids is 1. The van der Waals surface area contributed by atoms with Crippen LogP contribution in [0.5, 0.6) is 0 Å². The van der Waals surface area contributed by atoms with E-state index in [0.717, 1.165) is 17.2 Å². The maximum Gasteiger partial charge on any atom is 0.278 e. The molecule has 2 aromatic rings. The summed E-state index contributed by atoms with van der Waals surface area (Å²) in [5.74, 6) is -0.0853. The van der Waals surface area contributed by atoms with Crippen LogP contribution in [0, 0.1) is 0 Å². The molecule has 5 heteroatoms. The van der Waals surface area contributed by atoms with Gasteiger partial charge in [-0.05, 0) is 18.6 Å². The molecule has 0 bridgehead atoms. The molecule has 0 aliphatic heterocycles. The summed E-state index contributed by atoms with van der Waals surface area (Å²) in [6, 6.07) is 5.63. The lowest BCUT2D eigenvalue weighted by atomic mass is 9.91. The van der Waals surface area contributed by atoms with Crippen molar-refractivity contribution in [1.29, 1.82) is 0 Å². The molecule has 0 aliphatic rings. The standard InChI is InChI=1S/C16H21N3OS/c1-5-10-19(15-17-9-11-21-15)14(20)12-7-6-8-13(18-12)16(2,3)4/h6-9,11H,5,10H2,1-4H3. The largest absolute Gasteiger partial charge is 0.283 e. The molecule has 21 heavy (non-hydrogen) atoms. The van der Waals surface area contributed by atoms with E-state index in [1.54, 1.807) is 17.2 Å². The van der Waals surface area contributed by atoms with Crippen molar-refractivity contribution in [3.63, 3.8) is 0 Å². The van der Waals surface area contributed by atoms with Crippen LogP contribution in [-0.4, -0.2) is 22.4 Å². The summed E-state index contributed by atoms with van der Waals surface area (Å²) in [5.41, 5.74) is 1.32. The van der Waals surface area contributed by atoms with Crippen molar-refractivity contribution >= 4 is 22.4 Å². The topological polar surface area (TPSA) is 46.1 Å². The zero-order valence-electron chi connectivity index (χ0n) is 13.0. The number of hydrogen-bond donors (Lipinski definition) is 0. The number of pyridine rings is 1. The molecule has 112 valence electrons. The average Bonchev–Trinajstić information content (AvgIpc) is 2.97. The summed E-state index contributed by atoms with van der Waals surface area (Å²) in [5, 5.41) is 2.61. The lowest BCUT2D eigenvalue weighted by Gasteiger charge is -2.21. The smallest absolute Gasteiger partial charge is 0.278 e. The number of carbonyl (C=O) groups is 1. The zero-order valence-corrected chi connectivity index (χ0v) is 13.8. The molecule has 0 radical (unpaired) electrons. The van der Waals surface area contributed by atoms with Crippen LogP contribution in [-0.2, 0) is 5.41 Å². The normalized spacial score (nSPS) is 11.4. The van der Waals surface area contributed by atoms with E-state index in [0.29, 0.717) is 12.2 Å². The van der Waals surface area contributed by atoms with Crippen LogP contribution in [0.4, 0.5) is 5.13 Å². The monoisotopic (exact) mass is 303 g/mol. The molecule has 0 aliphatic carbocycles. The number of aromatic nitrogens is 2. The quantitative estimate of drug-likeness (QED) is 0.860. The Morgan fingerprint density at radius 1 is 1.33 bits per heavy atom. The molecule has 2 rings (SSSR count). The Balaban J connectivity index is 2.33. The highest BCUT2D eigenvalue weighted by atomic mass is 32.1. The first kappa shape index (κ1) is 15.6. The molecule has 0 N–H and O–H groups in total. The van der Waals surface area contributed by atoms with Gasteiger partial charge in [0.2, 0.25) is 0 Å². The average molecular weight is 303 g/mol. The van der Waals surface area contributed by atoms with Gasteiger partial charge in [0.05, 0.1) is 0 Å². The summed E-state index contributed by atoms with van der Waals surface area (Å²) < 4.78 is 0. The minimum atomic E-state index is -0.0853. The van der Waals surface area contributed by atoms with Gasteiger partial charge in [0.1, 0.15) is 5.69 Å². The first-order valence-corrected chi connectivity index (χ1v) is 8.00. The van der Waals surface area contributed by atoms with Crippen molar-refractivity contribution in [3.8, 4) is 0 Å². The van der Waals surface area contributed by atoms with Gasteiger partial charge in [-0.2, -0.15) is 0 Å². The van der Waals surface area contributed by atoms with Gasteiger partial charge in [-0.1, -0.05) is 33.8 Å². The number of hydrogen-bond acceptors (Lipinski definition) is 4. The van der Waals surface area contributed by atoms with Crippen molar-refractivity contribution in [2.24, 2.45) is 0 Å². The molecule has 0 aromatic carbocycles. The Labute approximate surface area is 129 Å². The van der Waals surface area contributed by atoms with Crippen molar-refractivity contribution in [2.45, 2.75) is 39.5 Å². The van der Waals surface area contributed by atoms with E-state index in [1.807, 2.05) is 24.4 Å². The van der Waals surface area contributed by atoms with E-state index in [4.69, 9.17) is 0 Å². The second-order valence-electron chi connectivity index (χ2n) is 5.93. The highest BCUT2D eigenvalue weighted by molar-refractivity contribution is 7.13. The molecule has 0 saturated carbocycles. The van der Waals surface area contributed by atoms with E-state index >= 15 is 0 Å². The molecule has 4 nitrogen and oxygen atoms in total. The van der Waals surface area contributed by atoms with Gasteiger partial charge in [-0.3, -0.25) is 9.69 Å². The third-order valence-electron chi connectivity index (χ3n) is 3.08. The molecule has 0 unspecified atom stereocenters. The Kier molecular flexibility index (Phi) is 4.73. The first-order chi connectivity index (χ1) is 9.93. The van der Waals surface area contributed by atoms with Crippen molar-refractivity contribution in [3.05, 3.63) is 41.2 Å². The second-order valence-corrected chi connectivity index (χ2v) is 6.80. The predicted octanol–water partition coefficient (Wildman–Crippen LogP) is 3.89. The zero-order chi connectivity index (χ0) is 15.5. The minimum absolute atomic E-state index is 0.0763. The highest BCUT2D eigenvalue weighted by Gasteiger charge is 2.22. The molecular formula is C16H21N3OS. The molecule has 2 heterocycles. The summed E-state index contributed by atoms with van der Waals surface area (Å²) in [6.07, 6.45) is 2.60. The lowest BCUT2D eigenvalue weighted by molar-refractivity contribution is 0.0981.